The number of cyclic esters (lactones) is 1. The lowest BCUT2D eigenvalue weighted by Crippen LogP contribution is -2.62. The molecule has 0 aromatic carbocycles. The Hall–Kier alpha value is -3.01. The average Bonchev–Trinajstić information content (AvgIpc) is 3.19. The molecule has 0 aromatic rings. The van der Waals surface area contributed by atoms with Crippen molar-refractivity contribution in [2.24, 2.45) is 23.7 Å². The highest BCUT2D eigenvalue weighted by Gasteiger charge is 2.55. The van der Waals surface area contributed by atoms with Crippen molar-refractivity contribution >= 4 is 29.8 Å². The molecule has 19 nitrogen and oxygen atoms in total. The van der Waals surface area contributed by atoms with Gasteiger partial charge < -0.3 is 68.2 Å². The Morgan fingerprint density at radius 2 is 1.52 bits per heavy atom. The standard InChI is InChI=1S/C47H82N2O17/c1-18-32-47(14,57)40(63-33(51)19-20-48-43(55)66-44(9,10)11)26(4)35(52)24(2)22-45(12,56)39(65-42-37(61-30(8)50)31(49(15)16)21-25(3)59-42)27(5)36(28(6)41(54)62-32)64-34-23-46(13,58-17)38(53)29(7)60-34/h24-29,31-32,34,36-40,42,53,56-57H,18-23H2,1-17H3,(H,48,55)/t24-,25-,26+,27+,28-,29+,31+,32-,34+,36+,37-,38+,39-,40-,42+,45+,46-,47+/m1/s1. The van der Waals surface area contributed by atoms with Crippen LogP contribution in [-0.4, -0.2) is 168 Å². The Labute approximate surface area is 391 Å². The first-order valence-corrected chi connectivity index (χ1v) is 23.3. The van der Waals surface area contributed by atoms with Crippen LogP contribution in [0.25, 0.3) is 0 Å². The van der Waals surface area contributed by atoms with Crippen LogP contribution in [-0.2, 0) is 61.8 Å². The van der Waals surface area contributed by atoms with Gasteiger partial charge in [0.15, 0.2) is 18.7 Å². The molecule has 19 heteroatoms. The maximum absolute atomic E-state index is 14.6. The first kappa shape index (κ1) is 57.3. The minimum Gasteiger partial charge on any atom is -0.459 e. The SMILES string of the molecule is CC[C@H]1OC(=O)[C@H](C)[C@@H](O[C@H]2C[C@@](C)(OC)[C@@H](O)[C@H](C)O2)[C@H](C)[C@@H](O[C@@H]2O[C@H](C)C[C@H](N(C)C)[C@H]2OC(C)=O)[C@@](C)(O)C[C@@H](C)C(=O)[C@H](C)[C@@H](OC(=O)CCNC(=O)OC(C)(C)C)[C@@]1(C)O. The van der Waals surface area contributed by atoms with Crippen molar-refractivity contribution in [3.8, 4) is 0 Å². The summed E-state index contributed by atoms with van der Waals surface area (Å²) < 4.78 is 55.0. The number of Topliss-reactive ketones (excluding diaryl/α,β-unsaturated/α-hetero) is 1. The van der Waals surface area contributed by atoms with Crippen LogP contribution in [0.3, 0.4) is 0 Å². The second kappa shape index (κ2) is 23.1. The zero-order valence-electron chi connectivity index (χ0n) is 42.4. The van der Waals surface area contributed by atoms with Crippen LogP contribution in [0.4, 0.5) is 4.79 Å². The van der Waals surface area contributed by atoms with Crippen LogP contribution in [0, 0.1) is 23.7 Å². The van der Waals surface area contributed by atoms with Gasteiger partial charge in [-0.05, 0) is 95.7 Å². The number of alkyl carbamates (subject to hydrolysis) is 1. The van der Waals surface area contributed by atoms with E-state index in [1.165, 1.54) is 34.8 Å². The summed E-state index contributed by atoms with van der Waals surface area (Å²) in [4.78, 5) is 69.5. The molecule has 0 bridgehead atoms. The second-order valence-electron chi connectivity index (χ2n) is 20.7. The number of aliphatic hydroxyl groups excluding tert-OH is 1. The van der Waals surface area contributed by atoms with Crippen LogP contribution in [0.5, 0.6) is 0 Å². The fourth-order valence-electron chi connectivity index (χ4n) is 9.70. The highest BCUT2D eigenvalue weighted by molar-refractivity contribution is 5.84. The van der Waals surface area contributed by atoms with Gasteiger partial charge in [-0.2, -0.15) is 0 Å². The Morgan fingerprint density at radius 1 is 0.894 bits per heavy atom. The summed E-state index contributed by atoms with van der Waals surface area (Å²) in [5.41, 5.74) is -6.00. The first-order chi connectivity index (χ1) is 30.3. The van der Waals surface area contributed by atoms with E-state index < -0.39 is 137 Å². The molecule has 0 radical (unpaired) electrons. The number of ketones is 1. The molecule has 3 aliphatic rings. The maximum Gasteiger partial charge on any atom is 0.407 e. The molecule has 0 saturated carbocycles. The Morgan fingerprint density at radius 3 is 2.06 bits per heavy atom. The van der Waals surface area contributed by atoms with E-state index in [4.69, 9.17) is 42.6 Å². The van der Waals surface area contributed by atoms with Crippen LogP contribution in [0.15, 0.2) is 0 Å². The van der Waals surface area contributed by atoms with Gasteiger partial charge in [0, 0.05) is 38.8 Å². The summed E-state index contributed by atoms with van der Waals surface area (Å²) in [6.07, 6.45) is -11.8. The van der Waals surface area contributed by atoms with E-state index >= 15 is 0 Å². The second-order valence-corrected chi connectivity index (χ2v) is 20.7. The lowest BCUT2D eigenvalue weighted by molar-refractivity contribution is -0.318. The third-order valence-corrected chi connectivity index (χ3v) is 13.3. The Balaban J connectivity index is 2.21. The van der Waals surface area contributed by atoms with E-state index in [1.54, 1.807) is 62.3 Å². The predicted octanol–water partition coefficient (Wildman–Crippen LogP) is 3.82. The van der Waals surface area contributed by atoms with E-state index in [9.17, 15) is 39.3 Å². The summed E-state index contributed by atoms with van der Waals surface area (Å²) in [6, 6.07) is -0.370. The number of amides is 1. The quantitative estimate of drug-likeness (QED) is 0.160. The van der Waals surface area contributed by atoms with Crippen LogP contribution in [0.2, 0.25) is 0 Å². The molecule has 0 unspecified atom stereocenters. The number of carbonyl (C=O) groups excluding carboxylic acids is 5. The average molecular weight is 947 g/mol. The van der Waals surface area contributed by atoms with Crippen molar-refractivity contribution < 1.29 is 81.9 Å². The van der Waals surface area contributed by atoms with Crippen LogP contribution >= 0.6 is 0 Å². The fourth-order valence-corrected chi connectivity index (χ4v) is 9.70. The van der Waals surface area contributed by atoms with E-state index in [0.29, 0.717) is 6.42 Å². The van der Waals surface area contributed by atoms with Crippen molar-refractivity contribution in [3.63, 3.8) is 0 Å². The molecular weight excluding hydrogens is 865 g/mol. The highest BCUT2D eigenvalue weighted by Crippen LogP contribution is 2.41. The van der Waals surface area contributed by atoms with Gasteiger partial charge in [-0.15, -0.1) is 0 Å². The summed E-state index contributed by atoms with van der Waals surface area (Å²) >= 11 is 0. The lowest BCUT2D eigenvalue weighted by Gasteiger charge is -2.49. The molecule has 3 saturated heterocycles. The van der Waals surface area contributed by atoms with Crippen molar-refractivity contribution in [3.05, 3.63) is 0 Å². The molecule has 382 valence electrons. The monoisotopic (exact) mass is 947 g/mol. The number of rotatable bonds is 12. The molecule has 3 aliphatic heterocycles. The van der Waals surface area contributed by atoms with Crippen LogP contribution in [0.1, 0.15) is 129 Å². The van der Waals surface area contributed by atoms with Crippen molar-refractivity contribution in [1.29, 1.82) is 0 Å². The molecule has 3 heterocycles. The van der Waals surface area contributed by atoms with Gasteiger partial charge in [-0.25, -0.2) is 4.79 Å². The van der Waals surface area contributed by atoms with Gasteiger partial charge >= 0.3 is 24.0 Å². The number of nitrogens with zero attached hydrogens (tertiary/aromatic N) is 1. The minimum absolute atomic E-state index is 0.0206. The molecule has 0 aliphatic carbocycles. The number of aliphatic hydroxyl groups is 3. The molecule has 3 fully saturated rings. The van der Waals surface area contributed by atoms with Crippen molar-refractivity contribution in [2.45, 2.75) is 219 Å². The molecule has 3 rings (SSSR count). The number of hydrogen-bond acceptors (Lipinski definition) is 18. The number of ether oxygens (including phenoxy) is 9. The van der Waals surface area contributed by atoms with Crippen molar-refractivity contribution in [1.82, 2.24) is 10.2 Å². The Kier molecular flexibility index (Phi) is 20.0. The number of nitrogens with one attached hydrogen (secondary N) is 1. The van der Waals surface area contributed by atoms with E-state index in [-0.39, 0.29) is 38.3 Å². The number of likely N-dealkylation sites (N-methyl/N-ethyl adjacent to an activating group) is 1. The van der Waals surface area contributed by atoms with Gasteiger partial charge in [0.2, 0.25) is 0 Å². The molecule has 0 aromatic heterocycles. The lowest BCUT2D eigenvalue weighted by atomic mass is 9.74. The zero-order valence-corrected chi connectivity index (χ0v) is 42.4. The zero-order chi connectivity index (χ0) is 50.4. The molecule has 4 N–H and O–H groups in total. The maximum atomic E-state index is 14.6. The third-order valence-electron chi connectivity index (χ3n) is 13.3. The van der Waals surface area contributed by atoms with Crippen molar-refractivity contribution in [2.75, 3.05) is 27.7 Å². The number of carbonyl (C=O) groups is 5. The van der Waals surface area contributed by atoms with Gasteiger partial charge in [-0.1, -0.05) is 27.7 Å². The molecule has 0 spiro atoms. The minimum atomic E-state index is -2.16. The smallest absolute Gasteiger partial charge is 0.407 e. The van der Waals surface area contributed by atoms with E-state index in [0.717, 1.165) is 0 Å². The van der Waals surface area contributed by atoms with Crippen LogP contribution < -0.4 is 5.32 Å². The molecule has 18 atom stereocenters. The molecular formula is C47H82N2O17. The van der Waals surface area contributed by atoms with Gasteiger partial charge in [0.1, 0.15) is 35.3 Å². The molecule has 66 heavy (non-hydrogen) atoms. The third kappa shape index (κ3) is 14.5. The predicted molar refractivity (Wildman–Crippen MR) is 239 cm³/mol. The van der Waals surface area contributed by atoms with Gasteiger partial charge in [0.25, 0.3) is 0 Å². The van der Waals surface area contributed by atoms with Gasteiger partial charge in [0.05, 0.1) is 59.9 Å². The fraction of sp³-hybridized carbons (Fsp3) is 0.894. The highest BCUT2D eigenvalue weighted by atomic mass is 16.7. The summed E-state index contributed by atoms with van der Waals surface area (Å²) in [5, 5.41) is 38.7. The number of methoxy groups -OCH3 is 1. The number of esters is 3. The summed E-state index contributed by atoms with van der Waals surface area (Å²) in [7, 11) is 5.13. The topological polar surface area (TPSA) is 244 Å². The number of hydrogen-bond donors (Lipinski definition) is 4. The summed E-state index contributed by atoms with van der Waals surface area (Å²) in [5.74, 6) is -7.13. The van der Waals surface area contributed by atoms with Gasteiger partial charge in [-0.3, -0.25) is 19.2 Å². The van der Waals surface area contributed by atoms with E-state index in [1.807, 2.05) is 25.9 Å². The normalized spacial score (nSPS) is 41.0. The van der Waals surface area contributed by atoms with E-state index in [2.05, 4.69) is 5.32 Å². The summed E-state index contributed by atoms with van der Waals surface area (Å²) in [6.45, 7) is 22.2. The molecule has 1 amide bonds. The Bertz CT molecular complexity index is 1650. The largest absolute Gasteiger partial charge is 0.459 e. The first-order valence-electron chi connectivity index (χ1n) is 23.3.